The van der Waals surface area contributed by atoms with E-state index in [1.165, 1.54) is 0 Å². The Bertz CT molecular complexity index is 137. The molecule has 0 radical (unpaired) electrons. The summed E-state index contributed by atoms with van der Waals surface area (Å²) in [5.74, 6) is 0.420. The van der Waals surface area contributed by atoms with E-state index in [-0.39, 0.29) is 12.0 Å². The molecule has 0 heterocycles. The molecular formula is C9H18O2. The van der Waals surface area contributed by atoms with Crippen LogP contribution in [-0.2, 0) is 0 Å². The molecule has 1 saturated carbocycles. The molecule has 0 aromatic carbocycles. The Hall–Kier alpha value is -0.0800. The number of hydrogen-bond acceptors (Lipinski definition) is 2. The Balaban J connectivity index is 2.62. The zero-order valence-electron chi connectivity index (χ0n) is 7.54. The van der Waals surface area contributed by atoms with Crippen LogP contribution < -0.4 is 0 Å². The first-order valence-electron chi connectivity index (χ1n) is 4.33. The lowest BCUT2D eigenvalue weighted by Gasteiger charge is -2.29. The first-order valence-corrected chi connectivity index (χ1v) is 4.33. The highest BCUT2D eigenvalue weighted by molar-refractivity contribution is 4.90. The van der Waals surface area contributed by atoms with Crippen molar-refractivity contribution >= 4 is 0 Å². The van der Waals surface area contributed by atoms with E-state index >= 15 is 0 Å². The van der Waals surface area contributed by atoms with Gasteiger partial charge in [0.2, 0.25) is 0 Å². The summed E-state index contributed by atoms with van der Waals surface area (Å²) >= 11 is 0. The van der Waals surface area contributed by atoms with Crippen molar-refractivity contribution in [3.8, 4) is 0 Å². The van der Waals surface area contributed by atoms with Gasteiger partial charge in [-0.05, 0) is 32.6 Å². The van der Waals surface area contributed by atoms with Crippen LogP contribution in [-0.4, -0.2) is 21.9 Å². The van der Waals surface area contributed by atoms with Crippen LogP contribution in [0.4, 0.5) is 0 Å². The number of hydrogen-bond donors (Lipinski definition) is 2. The molecule has 0 saturated heterocycles. The molecule has 0 aromatic heterocycles. The Kier molecular flexibility index (Phi) is 2.26. The zero-order valence-corrected chi connectivity index (χ0v) is 7.54. The summed E-state index contributed by atoms with van der Waals surface area (Å²) in [7, 11) is 0. The molecule has 3 unspecified atom stereocenters. The summed E-state index contributed by atoms with van der Waals surface area (Å²) in [6.07, 6.45) is 1.68. The average molecular weight is 158 g/mol. The van der Waals surface area contributed by atoms with Crippen molar-refractivity contribution in [2.75, 3.05) is 0 Å². The van der Waals surface area contributed by atoms with Crippen LogP contribution in [0, 0.1) is 11.8 Å². The van der Waals surface area contributed by atoms with Gasteiger partial charge in [0.1, 0.15) is 0 Å². The third kappa shape index (κ3) is 1.74. The normalized spacial score (nSPS) is 39.5. The highest BCUT2D eigenvalue weighted by Crippen LogP contribution is 2.37. The fraction of sp³-hybridized carbons (Fsp3) is 1.00. The van der Waals surface area contributed by atoms with Crippen LogP contribution in [0.25, 0.3) is 0 Å². The molecule has 2 N–H and O–H groups in total. The maximum absolute atomic E-state index is 9.65. The van der Waals surface area contributed by atoms with Gasteiger partial charge in [0.05, 0.1) is 11.7 Å². The van der Waals surface area contributed by atoms with Crippen LogP contribution >= 0.6 is 0 Å². The van der Waals surface area contributed by atoms with Gasteiger partial charge in [-0.3, -0.25) is 0 Å². The molecule has 1 aliphatic carbocycles. The largest absolute Gasteiger partial charge is 0.392 e. The van der Waals surface area contributed by atoms with Gasteiger partial charge in [0.15, 0.2) is 0 Å². The maximum Gasteiger partial charge on any atom is 0.0644 e. The Morgan fingerprint density at radius 2 is 1.82 bits per heavy atom. The second-order valence-corrected chi connectivity index (χ2v) is 4.31. The summed E-state index contributed by atoms with van der Waals surface area (Å²) in [6.45, 7) is 5.59. The molecule has 0 aliphatic heterocycles. The van der Waals surface area contributed by atoms with Gasteiger partial charge in [-0.2, -0.15) is 0 Å². The predicted octanol–water partition coefficient (Wildman–Crippen LogP) is 1.16. The Morgan fingerprint density at radius 1 is 1.27 bits per heavy atom. The summed E-state index contributed by atoms with van der Waals surface area (Å²) in [6, 6.07) is 0. The van der Waals surface area contributed by atoms with Crippen molar-refractivity contribution in [3.63, 3.8) is 0 Å². The molecule has 2 heteroatoms. The van der Waals surface area contributed by atoms with Crippen LogP contribution in [0.2, 0.25) is 0 Å². The molecule has 1 fully saturated rings. The van der Waals surface area contributed by atoms with Crippen molar-refractivity contribution in [3.05, 3.63) is 0 Å². The lowest BCUT2D eigenvalue weighted by molar-refractivity contribution is -0.0403. The van der Waals surface area contributed by atoms with Gasteiger partial charge in [-0.15, -0.1) is 0 Å². The van der Waals surface area contributed by atoms with Gasteiger partial charge >= 0.3 is 0 Å². The lowest BCUT2D eigenvalue weighted by atomic mass is 9.87. The fourth-order valence-electron chi connectivity index (χ4n) is 1.95. The van der Waals surface area contributed by atoms with Crippen molar-refractivity contribution in [1.29, 1.82) is 0 Å². The Labute approximate surface area is 68.2 Å². The van der Waals surface area contributed by atoms with E-state index in [1.807, 2.05) is 6.92 Å². The van der Waals surface area contributed by atoms with Gasteiger partial charge in [-0.1, -0.05) is 6.92 Å². The molecule has 1 aliphatic rings. The van der Waals surface area contributed by atoms with Gasteiger partial charge in [0.25, 0.3) is 0 Å². The highest BCUT2D eigenvalue weighted by Gasteiger charge is 2.40. The first kappa shape index (κ1) is 9.01. The second kappa shape index (κ2) is 2.76. The van der Waals surface area contributed by atoms with E-state index in [2.05, 4.69) is 0 Å². The quantitative estimate of drug-likeness (QED) is 0.601. The number of aliphatic hydroxyl groups is 2. The predicted molar refractivity (Wildman–Crippen MR) is 44.2 cm³/mol. The van der Waals surface area contributed by atoms with Crippen LogP contribution in [0.1, 0.15) is 33.6 Å². The van der Waals surface area contributed by atoms with E-state index in [0.717, 1.165) is 12.8 Å². The molecule has 1 rings (SSSR count). The van der Waals surface area contributed by atoms with Crippen molar-refractivity contribution < 1.29 is 10.2 Å². The molecule has 0 bridgehead atoms. The first-order chi connectivity index (χ1) is 4.93. The van der Waals surface area contributed by atoms with E-state index in [4.69, 9.17) is 0 Å². The SMILES string of the molecule is CC1CCC(C(C)(C)O)C1O. The second-order valence-electron chi connectivity index (χ2n) is 4.31. The van der Waals surface area contributed by atoms with Gasteiger partial charge < -0.3 is 10.2 Å². The minimum atomic E-state index is -0.718. The maximum atomic E-state index is 9.65. The van der Waals surface area contributed by atoms with Crippen molar-refractivity contribution in [2.24, 2.45) is 11.8 Å². The van der Waals surface area contributed by atoms with Crippen LogP contribution in [0.3, 0.4) is 0 Å². The summed E-state index contributed by atoms with van der Waals surface area (Å²) < 4.78 is 0. The van der Waals surface area contributed by atoms with Crippen LogP contribution in [0.5, 0.6) is 0 Å². The van der Waals surface area contributed by atoms with Crippen molar-refractivity contribution in [2.45, 2.75) is 45.3 Å². The van der Waals surface area contributed by atoms with E-state index in [0.29, 0.717) is 5.92 Å². The standard InChI is InChI=1S/C9H18O2/c1-6-4-5-7(8(6)10)9(2,3)11/h6-8,10-11H,4-5H2,1-3H3. The zero-order chi connectivity index (χ0) is 8.65. The molecule has 0 amide bonds. The van der Waals surface area contributed by atoms with Gasteiger partial charge in [-0.25, -0.2) is 0 Å². The van der Waals surface area contributed by atoms with E-state index < -0.39 is 5.60 Å². The fourth-order valence-corrected chi connectivity index (χ4v) is 1.95. The minimum absolute atomic E-state index is 0.0671. The molecule has 0 spiro atoms. The molecule has 0 aromatic rings. The average Bonchev–Trinajstić information content (AvgIpc) is 2.11. The third-order valence-corrected chi connectivity index (χ3v) is 2.84. The Morgan fingerprint density at radius 3 is 2.00 bits per heavy atom. The van der Waals surface area contributed by atoms with E-state index in [9.17, 15) is 10.2 Å². The topological polar surface area (TPSA) is 40.5 Å². The summed E-state index contributed by atoms with van der Waals surface area (Å²) in [5, 5.41) is 19.3. The highest BCUT2D eigenvalue weighted by atomic mass is 16.3. The lowest BCUT2D eigenvalue weighted by Crippen LogP contribution is -2.37. The monoisotopic (exact) mass is 158 g/mol. The molecule has 2 nitrogen and oxygen atoms in total. The molecular weight excluding hydrogens is 140 g/mol. The smallest absolute Gasteiger partial charge is 0.0644 e. The van der Waals surface area contributed by atoms with Crippen molar-refractivity contribution in [1.82, 2.24) is 0 Å². The number of rotatable bonds is 1. The molecule has 66 valence electrons. The van der Waals surface area contributed by atoms with Gasteiger partial charge in [0, 0.05) is 5.92 Å². The third-order valence-electron chi connectivity index (χ3n) is 2.84. The van der Waals surface area contributed by atoms with E-state index in [1.54, 1.807) is 13.8 Å². The summed E-state index contributed by atoms with van der Waals surface area (Å²) in [4.78, 5) is 0. The molecule has 11 heavy (non-hydrogen) atoms. The van der Waals surface area contributed by atoms with Crippen LogP contribution in [0.15, 0.2) is 0 Å². The summed E-state index contributed by atoms with van der Waals surface area (Å²) in [5.41, 5.74) is -0.718. The number of aliphatic hydroxyl groups excluding tert-OH is 1. The minimum Gasteiger partial charge on any atom is -0.392 e. The molecule has 3 atom stereocenters.